The summed E-state index contributed by atoms with van der Waals surface area (Å²) in [5, 5.41) is 20.5. The third kappa shape index (κ3) is 6.89. The van der Waals surface area contributed by atoms with E-state index in [0.717, 1.165) is 19.3 Å². The minimum absolute atomic E-state index is 0.162. The molecule has 0 aliphatic heterocycles. The zero-order valence-electron chi connectivity index (χ0n) is 13.9. The van der Waals surface area contributed by atoms with E-state index in [-0.39, 0.29) is 12.4 Å². The van der Waals surface area contributed by atoms with Gasteiger partial charge in [-0.3, -0.25) is 0 Å². The number of rotatable bonds is 8. The molecular weight excluding hydrogens is 285 g/mol. The maximum absolute atomic E-state index is 13.9. The first-order chi connectivity index (χ1) is 10.4. The molecule has 1 rings (SSSR count). The topological polar surface area (TPSA) is 69.6 Å². The molecule has 0 saturated carbocycles. The van der Waals surface area contributed by atoms with Gasteiger partial charge in [0.15, 0.2) is 0 Å². The number of carbonyl (C=O) groups is 1. The van der Waals surface area contributed by atoms with Crippen molar-refractivity contribution >= 4 is 11.7 Å². The maximum Gasteiger partial charge on any atom is 0.328 e. The van der Waals surface area contributed by atoms with E-state index in [9.17, 15) is 9.18 Å². The Morgan fingerprint density at radius 1 is 1.23 bits per heavy atom. The summed E-state index contributed by atoms with van der Waals surface area (Å²) in [7, 11) is 0. The second-order valence-corrected chi connectivity index (χ2v) is 5.40. The molecule has 3 N–H and O–H groups in total. The lowest BCUT2D eigenvalue weighted by molar-refractivity contribution is -0.141. The average Bonchev–Trinajstić information content (AvgIpc) is 2.47. The number of unbranched alkanes of at least 4 members (excludes halogenated alkanes) is 2. The van der Waals surface area contributed by atoms with Gasteiger partial charge in [0.05, 0.1) is 0 Å². The molecule has 0 unspecified atom stereocenters. The Bertz CT molecular complexity index is 461. The van der Waals surface area contributed by atoms with Crippen LogP contribution in [0.1, 0.15) is 52.5 Å². The Balaban J connectivity index is 0.00000211. The Kier molecular flexibility index (Phi) is 9.42. The van der Waals surface area contributed by atoms with E-state index in [4.69, 9.17) is 10.2 Å². The van der Waals surface area contributed by atoms with E-state index in [1.54, 1.807) is 12.1 Å². The summed E-state index contributed by atoms with van der Waals surface area (Å²) in [5.41, 5.74) is -0.0784. The summed E-state index contributed by atoms with van der Waals surface area (Å²) in [5.74, 6) is -1.33. The fourth-order valence-electron chi connectivity index (χ4n) is 1.85. The molecule has 0 amide bonds. The molecule has 1 aromatic carbocycles. The Hall–Kier alpha value is -1.62. The van der Waals surface area contributed by atoms with Crippen LogP contribution in [0.5, 0.6) is 0 Å². The van der Waals surface area contributed by atoms with Crippen LogP contribution in [0.25, 0.3) is 0 Å². The lowest BCUT2D eigenvalue weighted by atomic mass is 10.0. The Labute approximate surface area is 132 Å². The molecule has 0 heterocycles. The van der Waals surface area contributed by atoms with Crippen molar-refractivity contribution in [2.45, 2.75) is 58.9 Å². The maximum atomic E-state index is 13.9. The van der Waals surface area contributed by atoms with Gasteiger partial charge in [0, 0.05) is 12.3 Å². The van der Waals surface area contributed by atoms with Crippen LogP contribution in [0.3, 0.4) is 0 Å². The van der Waals surface area contributed by atoms with Crippen molar-refractivity contribution in [1.29, 1.82) is 0 Å². The van der Waals surface area contributed by atoms with Gasteiger partial charge in [-0.25, -0.2) is 9.18 Å². The van der Waals surface area contributed by atoms with Crippen molar-refractivity contribution < 1.29 is 19.4 Å². The lowest BCUT2D eigenvalue weighted by Gasteiger charge is -2.22. The predicted molar refractivity (Wildman–Crippen MR) is 87.7 cm³/mol. The van der Waals surface area contributed by atoms with Crippen LogP contribution in [0, 0.1) is 5.82 Å². The zero-order valence-corrected chi connectivity index (χ0v) is 13.9. The number of hydrogen-bond acceptors (Lipinski definition) is 3. The van der Waals surface area contributed by atoms with E-state index >= 15 is 0 Å². The van der Waals surface area contributed by atoms with Crippen LogP contribution >= 0.6 is 0 Å². The average molecular weight is 313 g/mol. The molecule has 22 heavy (non-hydrogen) atoms. The third-order valence-corrected chi connectivity index (χ3v) is 3.15. The van der Waals surface area contributed by atoms with E-state index in [2.05, 4.69) is 5.32 Å². The quantitative estimate of drug-likeness (QED) is 0.638. The molecule has 4 nitrogen and oxygen atoms in total. The minimum atomic E-state index is -1.14. The van der Waals surface area contributed by atoms with E-state index in [0.29, 0.717) is 17.7 Å². The summed E-state index contributed by atoms with van der Waals surface area (Å²) in [6.07, 6.45) is 3.04. The highest BCUT2D eigenvalue weighted by Gasteiger charge is 2.26. The number of benzene rings is 1. The second kappa shape index (κ2) is 10.2. The minimum Gasteiger partial charge on any atom is -0.480 e. The number of carboxylic acid groups (broad SMARTS) is 1. The number of aliphatic hydroxyl groups excluding tert-OH is 1. The number of halogens is 1. The standard InChI is InChI=1S/C15H22FNO3.C2H6/c1-15(2,14(19)20)17-12-8-7-11(13(16)10-12)6-4-3-5-9-18;1-2/h7-8,10,17-18H,3-6,9H2,1-2H3,(H,19,20);1-2H3. The van der Waals surface area contributed by atoms with Crippen molar-refractivity contribution in [2.24, 2.45) is 0 Å². The number of aryl methyl sites for hydroxylation is 1. The van der Waals surface area contributed by atoms with Gasteiger partial charge in [0.1, 0.15) is 11.4 Å². The van der Waals surface area contributed by atoms with Crippen molar-refractivity contribution in [3.63, 3.8) is 0 Å². The van der Waals surface area contributed by atoms with Gasteiger partial charge in [0.25, 0.3) is 0 Å². The lowest BCUT2D eigenvalue weighted by Crippen LogP contribution is -2.39. The molecule has 0 radical (unpaired) electrons. The van der Waals surface area contributed by atoms with Gasteiger partial charge in [0.2, 0.25) is 0 Å². The second-order valence-electron chi connectivity index (χ2n) is 5.40. The molecule has 0 spiro atoms. The van der Waals surface area contributed by atoms with Crippen LogP contribution in [-0.4, -0.2) is 28.3 Å². The first kappa shape index (κ1) is 20.4. The van der Waals surface area contributed by atoms with Gasteiger partial charge in [-0.15, -0.1) is 0 Å². The number of nitrogens with one attached hydrogen (secondary N) is 1. The first-order valence-corrected chi connectivity index (χ1v) is 7.77. The molecule has 0 bridgehead atoms. The molecule has 1 aromatic rings. The van der Waals surface area contributed by atoms with E-state index < -0.39 is 11.5 Å². The van der Waals surface area contributed by atoms with Crippen LogP contribution in [0.2, 0.25) is 0 Å². The van der Waals surface area contributed by atoms with E-state index in [1.165, 1.54) is 19.9 Å². The van der Waals surface area contributed by atoms with Crippen LogP contribution in [-0.2, 0) is 11.2 Å². The van der Waals surface area contributed by atoms with Gasteiger partial charge in [-0.2, -0.15) is 0 Å². The predicted octanol–water partition coefficient (Wildman–Crippen LogP) is 3.83. The number of aliphatic hydroxyl groups is 1. The van der Waals surface area contributed by atoms with Crippen LogP contribution < -0.4 is 5.32 Å². The number of anilines is 1. The molecule has 0 saturated heterocycles. The summed E-state index contributed by atoms with van der Waals surface area (Å²) in [4.78, 5) is 11.0. The smallest absolute Gasteiger partial charge is 0.328 e. The third-order valence-electron chi connectivity index (χ3n) is 3.15. The molecule has 0 fully saturated rings. The van der Waals surface area contributed by atoms with Gasteiger partial charge in [-0.1, -0.05) is 26.3 Å². The number of aliphatic carboxylic acids is 1. The fourth-order valence-corrected chi connectivity index (χ4v) is 1.85. The Morgan fingerprint density at radius 2 is 1.86 bits per heavy atom. The SMILES string of the molecule is CC.CC(C)(Nc1ccc(CCCCCO)c(F)c1)C(=O)O. The van der Waals surface area contributed by atoms with Gasteiger partial charge in [-0.05, 0) is 50.8 Å². The normalized spacial score (nSPS) is 10.6. The molecule has 0 atom stereocenters. The van der Waals surface area contributed by atoms with Gasteiger partial charge >= 0.3 is 5.97 Å². The number of carboxylic acids is 1. The fraction of sp³-hybridized carbons (Fsp3) is 0.588. The first-order valence-electron chi connectivity index (χ1n) is 7.77. The molecular formula is C17H28FNO3. The highest BCUT2D eigenvalue weighted by atomic mass is 19.1. The van der Waals surface area contributed by atoms with E-state index in [1.807, 2.05) is 13.8 Å². The number of hydrogen-bond donors (Lipinski definition) is 3. The Morgan fingerprint density at radius 3 is 2.36 bits per heavy atom. The molecule has 0 aliphatic rings. The summed E-state index contributed by atoms with van der Waals surface area (Å²) >= 11 is 0. The van der Waals surface area contributed by atoms with Crippen molar-refractivity contribution in [3.8, 4) is 0 Å². The van der Waals surface area contributed by atoms with Crippen molar-refractivity contribution in [3.05, 3.63) is 29.6 Å². The highest BCUT2D eigenvalue weighted by Crippen LogP contribution is 2.20. The molecule has 0 aliphatic carbocycles. The van der Waals surface area contributed by atoms with Crippen LogP contribution in [0.4, 0.5) is 10.1 Å². The van der Waals surface area contributed by atoms with Gasteiger partial charge < -0.3 is 15.5 Å². The molecule has 5 heteroatoms. The summed E-state index contributed by atoms with van der Waals surface area (Å²) in [6.45, 7) is 7.21. The van der Waals surface area contributed by atoms with Crippen molar-refractivity contribution in [1.82, 2.24) is 0 Å². The van der Waals surface area contributed by atoms with Crippen LogP contribution in [0.15, 0.2) is 18.2 Å². The summed E-state index contributed by atoms with van der Waals surface area (Å²) in [6, 6.07) is 4.69. The zero-order chi connectivity index (χ0) is 17.2. The molecule has 0 aromatic heterocycles. The highest BCUT2D eigenvalue weighted by molar-refractivity contribution is 5.81. The monoisotopic (exact) mass is 313 g/mol. The summed E-state index contributed by atoms with van der Waals surface area (Å²) < 4.78 is 13.9. The van der Waals surface area contributed by atoms with Crippen molar-refractivity contribution in [2.75, 3.05) is 11.9 Å². The largest absolute Gasteiger partial charge is 0.480 e. The molecule has 126 valence electrons.